The molecule has 0 amide bonds. The van der Waals surface area contributed by atoms with Gasteiger partial charge in [0.05, 0.1) is 24.6 Å². The number of hydrogen-bond acceptors (Lipinski definition) is 5. The molecule has 0 aliphatic heterocycles. The molecular formula is C14H20N6. The first kappa shape index (κ1) is 13.1. The van der Waals surface area contributed by atoms with Gasteiger partial charge in [-0.25, -0.2) is 9.97 Å². The summed E-state index contributed by atoms with van der Waals surface area (Å²) < 4.78 is 2.01. The van der Waals surface area contributed by atoms with Gasteiger partial charge in [-0.05, 0) is 12.8 Å². The van der Waals surface area contributed by atoms with Gasteiger partial charge in [-0.2, -0.15) is 0 Å². The highest BCUT2D eigenvalue weighted by Crippen LogP contribution is 2.19. The third-order valence-electron chi connectivity index (χ3n) is 3.53. The van der Waals surface area contributed by atoms with Crippen LogP contribution in [0.25, 0.3) is 0 Å². The summed E-state index contributed by atoms with van der Waals surface area (Å²) in [4.78, 5) is 15.3. The van der Waals surface area contributed by atoms with E-state index in [1.807, 2.05) is 48.3 Å². The summed E-state index contributed by atoms with van der Waals surface area (Å²) in [6.07, 6.45) is 10.0. The maximum absolute atomic E-state index is 4.47. The first-order valence-corrected chi connectivity index (χ1v) is 6.94. The predicted molar refractivity (Wildman–Crippen MR) is 77.2 cm³/mol. The van der Waals surface area contributed by atoms with Crippen LogP contribution in [0.5, 0.6) is 0 Å². The molecule has 0 bridgehead atoms. The van der Waals surface area contributed by atoms with Crippen LogP contribution < -0.4 is 10.2 Å². The van der Waals surface area contributed by atoms with Gasteiger partial charge in [0.25, 0.3) is 0 Å². The first-order chi connectivity index (χ1) is 9.72. The average molecular weight is 272 g/mol. The maximum Gasteiger partial charge on any atom is 0.147 e. The summed E-state index contributed by atoms with van der Waals surface area (Å²) >= 11 is 0. The molecule has 2 heterocycles. The Morgan fingerprint density at radius 3 is 2.75 bits per heavy atom. The lowest BCUT2D eigenvalue weighted by atomic mass is 10.4. The lowest BCUT2D eigenvalue weighted by Gasteiger charge is -2.17. The molecular weight excluding hydrogens is 252 g/mol. The average Bonchev–Trinajstić information content (AvgIpc) is 3.21. The smallest absolute Gasteiger partial charge is 0.147 e. The van der Waals surface area contributed by atoms with Crippen molar-refractivity contribution in [3.63, 3.8) is 0 Å². The second-order valence-electron chi connectivity index (χ2n) is 5.33. The standard InChI is InChI=1S/C14H20N6/c1-19-6-5-15-14(19)10-20(2)13-9-17-12(8-18-13)7-16-11-3-4-11/h5-6,8-9,11,16H,3-4,7,10H2,1-2H3. The quantitative estimate of drug-likeness (QED) is 0.853. The highest BCUT2D eigenvalue weighted by Gasteiger charge is 2.20. The summed E-state index contributed by atoms with van der Waals surface area (Å²) in [5.74, 6) is 1.87. The van der Waals surface area contributed by atoms with Crippen LogP contribution in [-0.2, 0) is 20.1 Å². The highest BCUT2D eigenvalue weighted by atomic mass is 15.2. The van der Waals surface area contributed by atoms with Gasteiger partial charge in [-0.1, -0.05) is 0 Å². The number of nitrogens with one attached hydrogen (secondary N) is 1. The minimum atomic E-state index is 0.697. The second kappa shape index (κ2) is 5.58. The molecule has 3 rings (SSSR count). The molecule has 0 aromatic carbocycles. The molecule has 2 aromatic rings. The predicted octanol–water partition coefficient (Wildman–Crippen LogP) is 1.10. The van der Waals surface area contributed by atoms with E-state index in [0.717, 1.165) is 30.4 Å². The Morgan fingerprint density at radius 1 is 1.30 bits per heavy atom. The van der Waals surface area contributed by atoms with Gasteiger partial charge in [0.1, 0.15) is 11.6 Å². The van der Waals surface area contributed by atoms with Gasteiger partial charge in [-0.3, -0.25) is 4.98 Å². The van der Waals surface area contributed by atoms with E-state index < -0.39 is 0 Å². The van der Waals surface area contributed by atoms with Crippen molar-refractivity contribution < 1.29 is 0 Å². The van der Waals surface area contributed by atoms with Gasteiger partial charge in [0.2, 0.25) is 0 Å². The van der Waals surface area contributed by atoms with Crippen molar-refractivity contribution in [1.29, 1.82) is 0 Å². The minimum absolute atomic E-state index is 0.697. The zero-order valence-electron chi connectivity index (χ0n) is 12.0. The third-order valence-corrected chi connectivity index (χ3v) is 3.53. The van der Waals surface area contributed by atoms with E-state index in [0.29, 0.717) is 6.04 Å². The molecule has 6 heteroatoms. The highest BCUT2D eigenvalue weighted by molar-refractivity contribution is 5.34. The Hall–Kier alpha value is -1.95. The van der Waals surface area contributed by atoms with E-state index in [9.17, 15) is 0 Å². The van der Waals surface area contributed by atoms with E-state index in [4.69, 9.17) is 0 Å². The fourth-order valence-corrected chi connectivity index (χ4v) is 2.01. The van der Waals surface area contributed by atoms with Crippen molar-refractivity contribution in [2.45, 2.75) is 32.0 Å². The fourth-order valence-electron chi connectivity index (χ4n) is 2.01. The molecule has 1 saturated carbocycles. The monoisotopic (exact) mass is 272 g/mol. The first-order valence-electron chi connectivity index (χ1n) is 6.94. The van der Waals surface area contributed by atoms with Crippen LogP contribution in [0.15, 0.2) is 24.8 Å². The van der Waals surface area contributed by atoms with Gasteiger partial charge in [0.15, 0.2) is 0 Å². The van der Waals surface area contributed by atoms with Gasteiger partial charge in [-0.15, -0.1) is 0 Å². The normalized spacial score (nSPS) is 14.5. The van der Waals surface area contributed by atoms with Crippen molar-refractivity contribution in [3.8, 4) is 0 Å². The molecule has 20 heavy (non-hydrogen) atoms. The van der Waals surface area contributed by atoms with Gasteiger partial charge < -0.3 is 14.8 Å². The van der Waals surface area contributed by atoms with Crippen molar-refractivity contribution in [2.24, 2.45) is 7.05 Å². The van der Waals surface area contributed by atoms with Gasteiger partial charge >= 0.3 is 0 Å². The molecule has 106 valence electrons. The summed E-state index contributed by atoms with van der Waals surface area (Å²) in [5.41, 5.74) is 0.992. The van der Waals surface area contributed by atoms with Crippen molar-refractivity contribution in [2.75, 3.05) is 11.9 Å². The SMILES string of the molecule is CN(Cc1nccn1C)c1cnc(CNC2CC2)cn1. The Labute approximate surface area is 118 Å². The molecule has 0 atom stereocenters. The number of hydrogen-bond donors (Lipinski definition) is 1. The zero-order valence-corrected chi connectivity index (χ0v) is 12.0. The summed E-state index contributed by atoms with van der Waals surface area (Å²) in [6, 6.07) is 0.697. The largest absolute Gasteiger partial charge is 0.351 e. The number of aryl methyl sites for hydroxylation is 1. The molecule has 0 saturated heterocycles. The number of imidazole rings is 1. The number of aromatic nitrogens is 4. The van der Waals surface area contributed by atoms with Gasteiger partial charge in [0, 0.05) is 39.1 Å². The van der Waals surface area contributed by atoms with Crippen molar-refractivity contribution in [1.82, 2.24) is 24.8 Å². The van der Waals surface area contributed by atoms with Crippen LogP contribution >= 0.6 is 0 Å². The van der Waals surface area contributed by atoms with Crippen LogP contribution in [0, 0.1) is 0 Å². The van der Waals surface area contributed by atoms with E-state index in [-0.39, 0.29) is 0 Å². The molecule has 1 fully saturated rings. The Kier molecular flexibility index (Phi) is 3.64. The lowest BCUT2D eigenvalue weighted by Crippen LogP contribution is -2.21. The lowest BCUT2D eigenvalue weighted by molar-refractivity contribution is 0.670. The molecule has 0 radical (unpaired) electrons. The summed E-state index contributed by atoms with van der Waals surface area (Å²) in [5, 5.41) is 3.44. The number of nitrogens with zero attached hydrogens (tertiary/aromatic N) is 5. The Balaban J connectivity index is 1.59. The number of anilines is 1. The van der Waals surface area contributed by atoms with Crippen LogP contribution in [0.3, 0.4) is 0 Å². The summed E-state index contributed by atoms with van der Waals surface area (Å²) in [7, 11) is 4.00. The number of rotatable bonds is 6. The van der Waals surface area contributed by atoms with Crippen molar-refractivity contribution >= 4 is 5.82 Å². The minimum Gasteiger partial charge on any atom is -0.351 e. The second-order valence-corrected chi connectivity index (χ2v) is 5.33. The third kappa shape index (κ3) is 3.14. The molecule has 1 N–H and O–H groups in total. The molecule has 0 unspecified atom stereocenters. The van der Waals surface area contributed by atoms with E-state index in [1.54, 1.807) is 0 Å². The maximum atomic E-state index is 4.47. The zero-order chi connectivity index (χ0) is 13.9. The van der Waals surface area contributed by atoms with Crippen molar-refractivity contribution in [3.05, 3.63) is 36.3 Å². The molecule has 6 nitrogen and oxygen atoms in total. The topological polar surface area (TPSA) is 58.9 Å². The molecule has 2 aromatic heterocycles. The van der Waals surface area contributed by atoms with E-state index in [1.165, 1.54) is 12.8 Å². The molecule has 1 aliphatic carbocycles. The molecule has 1 aliphatic rings. The Bertz CT molecular complexity index is 557. The van der Waals surface area contributed by atoms with E-state index >= 15 is 0 Å². The van der Waals surface area contributed by atoms with Crippen LogP contribution in [0.2, 0.25) is 0 Å². The van der Waals surface area contributed by atoms with Crippen LogP contribution in [0.4, 0.5) is 5.82 Å². The van der Waals surface area contributed by atoms with Crippen LogP contribution in [0.1, 0.15) is 24.4 Å². The molecule has 0 spiro atoms. The van der Waals surface area contributed by atoms with Crippen LogP contribution in [-0.4, -0.2) is 32.6 Å². The fraction of sp³-hybridized carbons (Fsp3) is 0.500. The summed E-state index contributed by atoms with van der Waals surface area (Å²) in [6.45, 7) is 1.53. The Morgan fingerprint density at radius 2 is 2.15 bits per heavy atom. The van der Waals surface area contributed by atoms with E-state index in [2.05, 4.69) is 20.3 Å².